The summed E-state index contributed by atoms with van der Waals surface area (Å²) in [7, 11) is 0. The van der Waals surface area contributed by atoms with Crippen LogP contribution in [-0.4, -0.2) is 57.1 Å². The molecule has 0 radical (unpaired) electrons. The van der Waals surface area contributed by atoms with Crippen LogP contribution in [0.3, 0.4) is 0 Å². The molecule has 2 aliphatic rings. The maximum atomic E-state index is 12.7. The quantitative estimate of drug-likeness (QED) is 0.670. The number of amides is 4. The topological polar surface area (TPSA) is 93.2 Å². The summed E-state index contributed by atoms with van der Waals surface area (Å²) >= 11 is 0. The molecule has 0 aromatic heterocycles. The maximum absolute atomic E-state index is 12.7. The third-order valence-corrected chi connectivity index (χ3v) is 3.53. The fraction of sp³-hybridized carbons (Fsp3) is 0.750. The van der Waals surface area contributed by atoms with Crippen LogP contribution in [0, 0.1) is 0 Å². The molecule has 1 heterocycles. The summed E-state index contributed by atoms with van der Waals surface area (Å²) in [5.74, 6) is -1.24. The molecular formula is C16H24N2O6. The zero-order chi connectivity index (χ0) is 18.5. The lowest BCUT2D eigenvalue weighted by Crippen LogP contribution is -2.65. The molecular weight excluding hydrogens is 316 g/mol. The third-order valence-electron chi connectivity index (χ3n) is 3.53. The highest BCUT2D eigenvalue weighted by atomic mass is 16.6. The van der Waals surface area contributed by atoms with Crippen LogP contribution in [0.25, 0.3) is 0 Å². The van der Waals surface area contributed by atoms with Gasteiger partial charge in [0.1, 0.15) is 23.3 Å². The number of piperazine rings is 1. The lowest BCUT2D eigenvalue weighted by molar-refractivity contribution is -0.155. The van der Waals surface area contributed by atoms with Crippen LogP contribution in [-0.2, 0) is 19.1 Å². The van der Waals surface area contributed by atoms with Crippen molar-refractivity contribution >= 4 is 24.0 Å². The molecule has 134 valence electrons. The molecule has 1 aliphatic heterocycles. The van der Waals surface area contributed by atoms with E-state index in [0.29, 0.717) is 12.8 Å². The van der Waals surface area contributed by atoms with Crippen LogP contribution in [0.2, 0.25) is 0 Å². The Kier molecular flexibility index (Phi) is 4.14. The average Bonchev–Trinajstić information content (AvgIpc) is 3.10. The second-order valence-corrected chi connectivity index (χ2v) is 8.11. The first-order chi connectivity index (χ1) is 10.8. The normalized spacial score (nSPS) is 20.2. The zero-order valence-electron chi connectivity index (χ0n) is 15.0. The highest BCUT2D eigenvalue weighted by molar-refractivity contribution is 6.12. The van der Waals surface area contributed by atoms with Gasteiger partial charge < -0.3 is 9.47 Å². The summed E-state index contributed by atoms with van der Waals surface area (Å²) in [5, 5.41) is 0. The standard InChI is InChI=1S/C16H24N2O6/c1-14(2,3)23-12(21)17-9-10(19)18(13(22)24-15(4,5)6)16(7-8-16)11(17)20/h7-9H2,1-6H3. The van der Waals surface area contributed by atoms with Crippen molar-refractivity contribution in [2.45, 2.75) is 71.1 Å². The van der Waals surface area contributed by atoms with Gasteiger partial charge in [-0.3, -0.25) is 9.59 Å². The van der Waals surface area contributed by atoms with E-state index in [9.17, 15) is 19.2 Å². The highest BCUT2D eigenvalue weighted by Gasteiger charge is 2.65. The molecule has 0 aromatic carbocycles. The summed E-state index contributed by atoms with van der Waals surface area (Å²) in [6, 6.07) is 0. The Hall–Kier alpha value is -2.12. The number of nitrogens with zero attached hydrogens (tertiary/aromatic N) is 2. The van der Waals surface area contributed by atoms with Crippen molar-refractivity contribution in [3.05, 3.63) is 0 Å². The first-order valence-electron chi connectivity index (χ1n) is 7.88. The Bertz CT molecular complexity index is 595. The number of ether oxygens (including phenoxy) is 2. The highest BCUT2D eigenvalue weighted by Crippen LogP contribution is 2.46. The largest absolute Gasteiger partial charge is 0.443 e. The predicted octanol–water partition coefficient (Wildman–Crippen LogP) is 2.06. The molecule has 0 bridgehead atoms. The van der Waals surface area contributed by atoms with Crippen LogP contribution >= 0.6 is 0 Å². The van der Waals surface area contributed by atoms with Gasteiger partial charge in [0.25, 0.3) is 11.8 Å². The lowest BCUT2D eigenvalue weighted by atomic mass is 10.1. The number of imide groups is 2. The zero-order valence-corrected chi connectivity index (χ0v) is 15.0. The van der Waals surface area contributed by atoms with Crippen LogP contribution in [0.1, 0.15) is 54.4 Å². The minimum Gasteiger partial charge on any atom is -0.443 e. The van der Waals surface area contributed by atoms with E-state index in [2.05, 4.69) is 0 Å². The predicted molar refractivity (Wildman–Crippen MR) is 83.0 cm³/mol. The minimum absolute atomic E-state index is 0.316. The van der Waals surface area contributed by atoms with Gasteiger partial charge in [-0.15, -0.1) is 0 Å². The molecule has 4 amide bonds. The number of hydrogen-bond acceptors (Lipinski definition) is 6. The Labute approximate surface area is 141 Å². The Balaban J connectivity index is 2.22. The van der Waals surface area contributed by atoms with Crippen molar-refractivity contribution in [2.24, 2.45) is 0 Å². The summed E-state index contributed by atoms with van der Waals surface area (Å²) in [5.41, 5.74) is -2.90. The van der Waals surface area contributed by atoms with Gasteiger partial charge in [-0.05, 0) is 54.4 Å². The SMILES string of the molecule is CC(C)(C)OC(=O)N1CC(=O)N(C(=O)OC(C)(C)C)C2(CC2)C1=O. The van der Waals surface area contributed by atoms with Crippen molar-refractivity contribution < 1.29 is 28.7 Å². The molecule has 2 fully saturated rings. The van der Waals surface area contributed by atoms with E-state index >= 15 is 0 Å². The van der Waals surface area contributed by atoms with Gasteiger partial charge in [0.05, 0.1) is 0 Å². The summed E-state index contributed by atoms with van der Waals surface area (Å²) in [6.07, 6.45) is -1.11. The Morgan fingerprint density at radius 1 is 0.917 bits per heavy atom. The van der Waals surface area contributed by atoms with Crippen molar-refractivity contribution in [1.82, 2.24) is 9.80 Å². The van der Waals surface area contributed by atoms with Gasteiger partial charge in [-0.2, -0.15) is 0 Å². The van der Waals surface area contributed by atoms with Gasteiger partial charge in [0, 0.05) is 0 Å². The van der Waals surface area contributed by atoms with Crippen molar-refractivity contribution in [3.8, 4) is 0 Å². The molecule has 0 unspecified atom stereocenters. The number of hydrogen-bond donors (Lipinski definition) is 0. The van der Waals surface area contributed by atoms with Gasteiger partial charge in [-0.25, -0.2) is 19.4 Å². The van der Waals surface area contributed by atoms with Crippen molar-refractivity contribution in [1.29, 1.82) is 0 Å². The van der Waals surface area contributed by atoms with E-state index in [1.165, 1.54) is 0 Å². The van der Waals surface area contributed by atoms with E-state index in [1.807, 2.05) is 0 Å². The molecule has 0 atom stereocenters. The molecule has 8 nitrogen and oxygen atoms in total. The molecule has 2 rings (SSSR count). The molecule has 1 aliphatic carbocycles. The molecule has 24 heavy (non-hydrogen) atoms. The monoisotopic (exact) mass is 340 g/mol. The third kappa shape index (κ3) is 3.52. The van der Waals surface area contributed by atoms with Crippen LogP contribution < -0.4 is 0 Å². The molecule has 1 spiro atoms. The Morgan fingerprint density at radius 2 is 1.38 bits per heavy atom. The number of carbonyl (C=O) groups excluding carboxylic acids is 4. The van der Waals surface area contributed by atoms with E-state index in [0.717, 1.165) is 9.80 Å². The molecule has 1 saturated carbocycles. The maximum Gasteiger partial charge on any atom is 0.418 e. The second kappa shape index (κ2) is 5.46. The van der Waals surface area contributed by atoms with E-state index in [1.54, 1.807) is 41.5 Å². The van der Waals surface area contributed by atoms with E-state index < -0.39 is 47.3 Å². The van der Waals surface area contributed by atoms with Gasteiger partial charge in [-0.1, -0.05) is 0 Å². The first-order valence-corrected chi connectivity index (χ1v) is 7.88. The number of rotatable bonds is 0. The first kappa shape index (κ1) is 18.2. The lowest BCUT2D eigenvalue weighted by Gasteiger charge is -2.39. The van der Waals surface area contributed by atoms with Gasteiger partial charge >= 0.3 is 12.2 Å². The van der Waals surface area contributed by atoms with Crippen LogP contribution in [0.15, 0.2) is 0 Å². The van der Waals surface area contributed by atoms with Crippen molar-refractivity contribution in [3.63, 3.8) is 0 Å². The molecule has 1 saturated heterocycles. The smallest absolute Gasteiger partial charge is 0.418 e. The van der Waals surface area contributed by atoms with E-state index in [4.69, 9.17) is 9.47 Å². The molecule has 0 N–H and O–H groups in total. The van der Waals surface area contributed by atoms with Gasteiger partial charge in [0.15, 0.2) is 0 Å². The molecule has 0 aromatic rings. The van der Waals surface area contributed by atoms with Crippen LogP contribution in [0.5, 0.6) is 0 Å². The van der Waals surface area contributed by atoms with Crippen molar-refractivity contribution in [2.75, 3.05) is 6.54 Å². The fourth-order valence-corrected chi connectivity index (χ4v) is 2.47. The summed E-state index contributed by atoms with van der Waals surface area (Å²) < 4.78 is 10.4. The summed E-state index contributed by atoms with van der Waals surface area (Å²) in [6.45, 7) is 9.49. The number of carbonyl (C=O) groups is 4. The molecule has 8 heteroatoms. The van der Waals surface area contributed by atoms with E-state index in [-0.39, 0.29) is 0 Å². The average molecular weight is 340 g/mol. The Morgan fingerprint density at radius 3 is 1.79 bits per heavy atom. The van der Waals surface area contributed by atoms with Crippen LogP contribution in [0.4, 0.5) is 9.59 Å². The fourth-order valence-electron chi connectivity index (χ4n) is 2.47. The minimum atomic E-state index is -1.31. The second-order valence-electron chi connectivity index (χ2n) is 8.11. The van der Waals surface area contributed by atoms with Gasteiger partial charge in [0.2, 0.25) is 0 Å². The summed E-state index contributed by atoms with van der Waals surface area (Å²) in [4.78, 5) is 51.3.